The second kappa shape index (κ2) is 7.30. The molecule has 0 saturated heterocycles. The minimum atomic E-state index is -0.911. The molecule has 4 rings (SSSR count). The van der Waals surface area contributed by atoms with E-state index in [4.69, 9.17) is 5.11 Å². The molecule has 0 fully saturated rings. The van der Waals surface area contributed by atoms with Gasteiger partial charge in [0.15, 0.2) is 0 Å². The van der Waals surface area contributed by atoms with Gasteiger partial charge in [0, 0.05) is 0 Å². The van der Waals surface area contributed by atoms with Crippen LogP contribution in [-0.4, -0.2) is 11.1 Å². The van der Waals surface area contributed by atoms with E-state index in [1.807, 2.05) is 42.5 Å². The van der Waals surface area contributed by atoms with Crippen LogP contribution in [0.3, 0.4) is 0 Å². The predicted octanol–water partition coefficient (Wildman–Crippen LogP) is 6.39. The van der Waals surface area contributed by atoms with Crippen LogP contribution in [0.1, 0.15) is 10.4 Å². The van der Waals surface area contributed by atoms with Gasteiger partial charge in [0.05, 0.1) is 5.56 Å². The van der Waals surface area contributed by atoms with Gasteiger partial charge < -0.3 is 5.11 Å². The van der Waals surface area contributed by atoms with E-state index < -0.39 is 5.97 Å². The van der Waals surface area contributed by atoms with Crippen molar-refractivity contribution in [2.75, 3.05) is 0 Å². The van der Waals surface area contributed by atoms with Crippen molar-refractivity contribution in [3.63, 3.8) is 0 Å². The van der Waals surface area contributed by atoms with Crippen molar-refractivity contribution < 1.29 is 9.90 Å². The summed E-state index contributed by atoms with van der Waals surface area (Å²) in [5, 5.41) is 9.10. The fraction of sp³-hybridized carbons (Fsp3) is 0. The van der Waals surface area contributed by atoms with Crippen LogP contribution in [0.15, 0.2) is 103 Å². The van der Waals surface area contributed by atoms with Gasteiger partial charge in [0.1, 0.15) is 0 Å². The van der Waals surface area contributed by atoms with Crippen molar-refractivity contribution in [1.29, 1.82) is 0 Å². The number of hydrogen-bond acceptors (Lipinski definition) is 1. The summed E-state index contributed by atoms with van der Waals surface area (Å²) in [6, 6.07) is 34.0. The topological polar surface area (TPSA) is 37.3 Å². The quantitative estimate of drug-likeness (QED) is 0.463. The van der Waals surface area contributed by atoms with E-state index in [-0.39, 0.29) is 0 Å². The van der Waals surface area contributed by atoms with Crippen molar-refractivity contribution in [3.05, 3.63) is 109 Å². The van der Waals surface area contributed by atoms with Crippen LogP contribution in [0.4, 0.5) is 0 Å². The van der Waals surface area contributed by atoms with Crippen LogP contribution in [0.25, 0.3) is 33.4 Å². The SMILES string of the molecule is O=C(O)c1ccc(-c2ccccc2-c2ccc(-c3ccccc3)cc2)cc1. The Morgan fingerprint density at radius 3 is 1.41 bits per heavy atom. The third-order valence-corrected chi connectivity index (χ3v) is 4.67. The van der Waals surface area contributed by atoms with Crippen molar-refractivity contribution in [2.24, 2.45) is 0 Å². The molecule has 2 nitrogen and oxygen atoms in total. The van der Waals surface area contributed by atoms with Gasteiger partial charge in [0.25, 0.3) is 0 Å². The van der Waals surface area contributed by atoms with E-state index >= 15 is 0 Å². The third kappa shape index (κ3) is 3.51. The smallest absolute Gasteiger partial charge is 0.335 e. The van der Waals surface area contributed by atoms with Gasteiger partial charge in [-0.2, -0.15) is 0 Å². The Hall–Kier alpha value is -3.65. The first-order valence-corrected chi connectivity index (χ1v) is 8.81. The van der Waals surface area contributed by atoms with Crippen molar-refractivity contribution >= 4 is 5.97 Å². The molecule has 0 atom stereocenters. The summed E-state index contributed by atoms with van der Waals surface area (Å²) < 4.78 is 0. The van der Waals surface area contributed by atoms with Gasteiger partial charge in [-0.05, 0) is 45.5 Å². The van der Waals surface area contributed by atoms with Crippen LogP contribution in [0.2, 0.25) is 0 Å². The van der Waals surface area contributed by atoms with Gasteiger partial charge in [-0.1, -0.05) is 91.0 Å². The zero-order valence-corrected chi connectivity index (χ0v) is 14.7. The fourth-order valence-electron chi connectivity index (χ4n) is 3.25. The number of aromatic carboxylic acids is 1. The highest BCUT2D eigenvalue weighted by Crippen LogP contribution is 2.33. The Balaban J connectivity index is 1.72. The fourth-order valence-corrected chi connectivity index (χ4v) is 3.25. The number of rotatable bonds is 4. The first-order valence-electron chi connectivity index (χ1n) is 8.81. The predicted molar refractivity (Wildman–Crippen MR) is 110 cm³/mol. The first kappa shape index (κ1) is 16.8. The molecule has 4 aromatic carbocycles. The lowest BCUT2D eigenvalue weighted by Gasteiger charge is -2.11. The monoisotopic (exact) mass is 350 g/mol. The summed E-state index contributed by atoms with van der Waals surface area (Å²) in [4.78, 5) is 11.1. The highest BCUT2D eigenvalue weighted by atomic mass is 16.4. The largest absolute Gasteiger partial charge is 0.478 e. The number of hydrogen-bond donors (Lipinski definition) is 1. The van der Waals surface area contributed by atoms with Gasteiger partial charge in [-0.3, -0.25) is 0 Å². The number of benzene rings is 4. The van der Waals surface area contributed by atoms with Crippen LogP contribution in [0, 0.1) is 0 Å². The molecule has 130 valence electrons. The number of carboxylic acids is 1. The molecule has 0 bridgehead atoms. The highest BCUT2D eigenvalue weighted by Gasteiger charge is 2.09. The van der Waals surface area contributed by atoms with E-state index in [1.165, 1.54) is 11.1 Å². The summed E-state index contributed by atoms with van der Waals surface area (Å²) in [5.41, 5.74) is 7.02. The van der Waals surface area contributed by atoms with Gasteiger partial charge in [-0.25, -0.2) is 4.79 Å². The Morgan fingerprint density at radius 1 is 0.481 bits per heavy atom. The Morgan fingerprint density at radius 2 is 0.889 bits per heavy atom. The van der Waals surface area contributed by atoms with Crippen LogP contribution < -0.4 is 0 Å². The van der Waals surface area contributed by atoms with Crippen LogP contribution in [-0.2, 0) is 0 Å². The molecular formula is C25H18O2. The maximum absolute atomic E-state index is 11.1. The Kier molecular flexibility index (Phi) is 4.54. The van der Waals surface area contributed by atoms with E-state index in [1.54, 1.807) is 12.1 Å². The van der Waals surface area contributed by atoms with E-state index in [2.05, 4.69) is 48.5 Å². The van der Waals surface area contributed by atoms with Crippen molar-refractivity contribution in [2.45, 2.75) is 0 Å². The van der Waals surface area contributed by atoms with Gasteiger partial charge in [-0.15, -0.1) is 0 Å². The average Bonchev–Trinajstić information content (AvgIpc) is 2.74. The summed E-state index contributed by atoms with van der Waals surface area (Å²) in [6.45, 7) is 0. The Bertz CT molecular complexity index is 1060. The molecule has 0 spiro atoms. The molecular weight excluding hydrogens is 332 g/mol. The second-order valence-electron chi connectivity index (χ2n) is 6.37. The van der Waals surface area contributed by atoms with Gasteiger partial charge >= 0.3 is 5.97 Å². The van der Waals surface area contributed by atoms with Crippen LogP contribution in [0.5, 0.6) is 0 Å². The van der Waals surface area contributed by atoms with Crippen molar-refractivity contribution in [3.8, 4) is 33.4 Å². The third-order valence-electron chi connectivity index (χ3n) is 4.67. The molecule has 0 amide bonds. The highest BCUT2D eigenvalue weighted by molar-refractivity contribution is 5.89. The summed E-state index contributed by atoms with van der Waals surface area (Å²) in [6.07, 6.45) is 0. The van der Waals surface area contributed by atoms with Crippen molar-refractivity contribution in [1.82, 2.24) is 0 Å². The lowest BCUT2D eigenvalue weighted by atomic mass is 9.93. The molecule has 0 aliphatic heterocycles. The molecule has 2 heteroatoms. The number of carbonyl (C=O) groups is 1. The molecule has 0 radical (unpaired) electrons. The minimum Gasteiger partial charge on any atom is -0.478 e. The molecule has 0 aromatic heterocycles. The molecule has 0 unspecified atom stereocenters. The molecule has 1 N–H and O–H groups in total. The standard InChI is InChI=1S/C25H18O2/c26-25(27)22-16-14-21(15-17-22)24-9-5-4-8-23(24)20-12-10-19(11-13-20)18-6-2-1-3-7-18/h1-17H,(H,26,27). The second-order valence-corrected chi connectivity index (χ2v) is 6.37. The molecule has 4 aromatic rings. The summed E-state index contributed by atoms with van der Waals surface area (Å²) >= 11 is 0. The zero-order valence-electron chi connectivity index (χ0n) is 14.7. The molecule has 0 saturated carbocycles. The van der Waals surface area contributed by atoms with E-state index in [0.29, 0.717) is 5.56 Å². The molecule has 0 aliphatic rings. The van der Waals surface area contributed by atoms with Crippen LogP contribution >= 0.6 is 0 Å². The zero-order chi connectivity index (χ0) is 18.6. The lowest BCUT2D eigenvalue weighted by molar-refractivity contribution is 0.0697. The number of carboxylic acid groups (broad SMARTS) is 1. The Labute approximate surface area is 158 Å². The average molecular weight is 350 g/mol. The molecule has 27 heavy (non-hydrogen) atoms. The van der Waals surface area contributed by atoms with E-state index in [9.17, 15) is 4.79 Å². The van der Waals surface area contributed by atoms with Gasteiger partial charge in [0.2, 0.25) is 0 Å². The molecule has 0 heterocycles. The lowest BCUT2D eigenvalue weighted by Crippen LogP contribution is -1.95. The summed E-state index contributed by atoms with van der Waals surface area (Å²) in [5.74, 6) is -0.911. The summed E-state index contributed by atoms with van der Waals surface area (Å²) in [7, 11) is 0. The molecule has 0 aliphatic carbocycles. The van der Waals surface area contributed by atoms with E-state index in [0.717, 1.165) is 22.3 Å². The minimum absolute atomic E-state index is 0.295. The first-order chi connectivity index (χ1) is 13.2. The maximum atomic E-state index is 11.1. The maximum Gasteiger partial charge on any atom is 0.335 e. The normalized spacial score (nSPS) is 10.5.